The van der Waals surface area contributed by atoms with Crippen LogP contribution in [0.3, 0.4) is 0 Å². The average Bonchev–Trinajstić information content (AvgIpc) is 2.39. The lowest BCUT2D eigenvalue weighted by Gasteiger charge is -2.40. The second kappa shape index (κ2) is 5.75. The summed E-state index contributed by atoms with van der Waals surface area (Å²) in [6, 6.07) is 6.71. The number of methoxy groups -OCH3 is 1. The van der Waals surface area contributed by atoms with E-state index in [1.807, 2.05) is 0 Å². The van der Waals surface area contributed by atoms with Crippen LogP contribution in [-0.4, -0.2) is 48.0 Å². The molecule has 0 spiro atoms. The van der Waals surface area contributed by atoms with Crippen LogP contribution in [0.1, 0.15) is 6.92 Å². The van der Waals surface area contributed by atoms with Crippen LogP contribution in [0.4, 0.5) is 5.69 Å². The first-order valence-electron chi connectivity index (χ1n) is 6.09. The SMILES string of the molecule is COC1C(C)OC(Oc2ccc(N)cc2)C(O)C1O. The molecule has 6 nitrogen and oxygen atoms in total. The Morgan fingerprint density at radius 2 is 1.79 bits per heavy atom. The molecule has 19 heavy (non-hydrogen) atoms. The Bertz CT molecular complexity index is 410. The van der Waals surface area contributed by atoms with Gasteiger partial charge in [-0.2, -0.15) is 0 Å². The maximum absolute atomic E-state index is 9.97. The van der Waals surface area contributed by atoms with Gasteiger partial charge >= 0.3 is 0 Å². The minimum absolute atomic E-state index is 0.387. The van der Waals surface area contributed by atoms with E-state index in [4.69, 9.17) is 19.9 Å². The number of ether oxygens (including phenoxy) is 3. The molecule has 1 aromatic rings. The molecule has 0 aromatic heterocycles. The highest BCUT2D eigenvalue weighted by Gasteiger charge is 2.44. The van der Waals surface area contributed by atoms with Crippen molar-refractivity contribution in [2.24, 2.45) is 0 Å². The predicted molar refractivity (Wildman–Crippen MR) is 68.6 cm³/mol. The van der Waals surface area contributed by atoms with Crippen LogP contribution in [0.5, 0.6) is 5.75 Å². The van der Waals surface area contributed by atoms with Crippen molar-refractivity contribution in [2.45, 2.75) is 37.6 Å². The van der Waals surface area contributed by atoms with Gasteiger partial charge in [0.05, 0.1) is 6.10 Å². The number of hydrogen-bond donors (Lipinski definition) is 3. The molecule has 1 fully saturated rings. The number of benzene rings is 1. The van der Waals surface area contributed by atoms with Crippen molar-refractivity contribution in [2.75, 3.05) is 12.8 Å². The highest BCUT2D eigenvalue weighted by Crippen LogP contribution is 2.25. The van der Waals surface area contributed by atoms with Crippen LogP contribution >= 0.6 is 0 Å². The Balaban J connectivity index is 2.06. The second-order valence-electron chi connectivity index (χ2n) is 4.58. The molecule has 1 aromatic carbocycles. The summed E-state index contributed by atoms with van der Waals surface area (Å²) in [4.78, 5) is 0. The largest absolute Gasteiger partial charge is 0.462 e. The third kappa shape index (κ3) is 2.98. The van der Waals surface area contributed by atoms with E-state index in [1.165, 1.54) is 7.11 Å². The molecule has 1 aliphatic heterocycles. The Kier molecular flexibility index (Phi) is 4.26. The van der Waals surface area contributed by atoms with Crippen LogP contribution in [0, 0.1) is 0 Å². The van der Waals surface area contributed by atoms with Crippen molar-refractivity contribution < 1.29 is 24.4 Å². The quantitative estimate of drug-likeness (QED) is 0.675. The van der Waals surface area contributed by atoms with E-state index in [-0.39, 0.29) is 6.10 Å². The van der Waals surface area contributed by atoms with Gasteiger partial charge in [-0.3, -0.25) is 0 Å². The van der Waals surface area contributed by atoms with E-state index in [1.54, 1.807) is 31.2 Å². The molecular weight excluding hydrogens is 250 g/mol. The van der Waals surface area contributed by atoms with E-state index >= 15 is 0 Å². The zero-order valence-corrected chi connectivity index (χ0v) is 10.9. The fraction of sp³-hybridized carbons (Fsp3) is 0.538. The molecule has 5 atom stereocenters. The highest BCUT2D eigenvalue weighted by atomic mass is 16.7. The first-order chi connectivity index (χ1) is 9.02. The highest BCUT2D eigenvalue weighted by molar-refractivity contribution is 5.41. The third-order valence-electron chi connectivity index (χ3n) is 3.18. The molecule has 5 unspecified atom stereocenters. The van der Waals surface area contributed by atoms with E-state index in [0.29, 0.717) is 11.4 Å². The van der Waals surface area contributed by atoms with Gasteiger partial charge in [0.25, 0.3) is 0 Å². The molecule has 0 radical (unpaired) electrons. The molecule has 106 valence electrons. The van der Waals surface area contributed by atoms with Gasteiger partial charge in [-0.1, -0.05) is 0 Å². The molecule has 6 heteroatoms. The van der Waals surface area contributed by atoms with Crippen LogP contribution in [-0.2, 0) is 9.47 Å². The maximum Gasteiger partial charge on any atom is 0.229 e. The summed E-state index contributed by atoms with van der Waals surface area (Å²) in [5, 5.41) is 19.9. The fourth-order valence-electron chi connectivity index (χ4n) is 2.11. The average molecular weight is 269 g/mol. The Hall–Kier alpha value is -1.34. The molecule has 2 rings (SSSR count). The predicted octanol–water partition coefficient (Wildman–Crippen LogP) is 0.129. The van der Waals surface area contributed by atoms with Crippen molar-refractivity contribution in [3.63, 3.8) is 0 Å². The number of aliphatic hydroxyl groups excluding tert-OH is 2. The van der Waals surface area contributed by atoms with Crippen molar-refractivity contribution in [1.29, 1.82) is 0 Å². The monoisotopic (exact) mass is 269 g/mol. The smallest absolute Gasteiger partial charge is 0.229 e. The summed E-state index contributed by atoms with van der Waals surface area (Å²) in [6.45, 7) is 1.75. The zero-order valence-electron chi connectivity index (χ0n) is 10.9. The normalized spacial score (nSPS) is 35.1. The van der Waals surface area contributed by atoms with Gasteiger partial charge in [-0.05, 0) is 31.2 Å². The summed E-state index contributed by atoms with van der Waals surface area (Å²) >= 11 is 0. The summed E-state index contributed by atoms with van der Waals surface area (Å²) in [6.07, 6.45) is -4.16. The molecule has 1 aliphatic rings. The molecule has 1 saturated heterocycles. The lowest BCUT2D eigenvalue weighted by atomic mass is 10.00. The number of rotatable bonds is 3. The van der Waals surface area contributed by atoms with E-state index in [2.05, 4.69) is 0 Å². The molecule has 0 saturated carbocycles. The van der Waals surface area contributed by atoms with Crippen molar-refractivity contribution in [1.82, 2.24) is 0 Å². The number of anilines is 1. The molecular formula is C13H19NO5. The Morgan fingerprint density at radius 1 is 1.16 bits per heavy atom. The first-order valence-corrected chi connectivity index (χ1v) is 6.09. The van der Waals surface area contributed by atoms with Gasteiger partial charge in [0.2, 0.25) is 6.29 Å². The van der Waals surface area contributed by atoms with Crippen molar-refractivity contribution >= 4 is 5.69 Å². The molecule has 4 N–H and O–H groups in total. The number of nitrogen functional groups attached to an aromatic ring is 1. The summed E-state index contributed by atoms with van der Waals surface area (Å²) in [5.74, 6) is 0.508. The van der Waals surface area contributed by atoms with Gasteiger partial charge in [0, 0.05) is 12.8 Å². The van der Waals surface area contributed by atoms with Crippen LogP contribution < -0.4 is 10.5 Å². The number of nitrogens with two attached hydrogens (primary N) is 1. The molecule has 0 amide bonds. The summed E-state index contributed by atoms with van der Waals surface area (Å²) in [5.41, 5.74) is 6.19. The molecule has 0 aliphatic carbocycles. The lowest BCUT2D eigenvalue weighted by Crippen LogP contribution is -2.58. The van der Waals surface area contributed by atoms with E-state index in [9.17, 15) is 10.2 Å². The van der Waals surface area contributed by atoms with E-state index in [0.717, 1.165) is 0 Å². The molecule has 0 bridgehead atoms. The topological polar surface area (TPSA) is 94.2 Å². The second-order valence-corrected chi connectivity index (χ2v) is 4.58. The minimum atomic E-state index is -1.18. The summed E-state index contributed by atoms with van der Waals surface area (Å²) in [7, 11) is 1.46. The van der Waals surface area contributed by atoms with Crippen molar-refractivity contribution in [3.8, 4) is 5.75 Å². The van der Waals surface area contributed by atoms with Gasteiger partial charge in [-0.25, -0.2) is 0 Å². The maximum atomic E-state index is 9.97. The van der Waals surface area contributed by atoms with Crippen molar-refractivity contribution in [3.05, 3.63) is 24.3 Å². The summed E-state index contributed by atoms with van der Waals surface area (Å²) < 4.78 is 16.1. The van der Waals surface area contributed by atoms with Gasteiger partial charge in [0.1, 0.15) is 24.1 Å². The van der Waals surface area contributed by atoms with Crippen LogP contribution in [0.15, 0.2) is 24.3 Å². The third-order valence-corrected chi connectivity index (χ3v) is 3.18. The first kappa shape index (κ1) is 14.1. The zero-order chi connectivity index (χ0) is 14.0. The van der Waals surface area contributed by atoms with Gasteiger partial charge < -0.3 is 30.2 Å². The van der Waals surface area contributed by atoms with Gasteiger partial charge in [0.15, 0.2) is 0 Å². The Labute approximate surface area is 111 Å². The number of hydrogen-bond acceptors (Lipinski definition) is 6. The lowest BCUT2D eigenvalue weighted by molar-refractivity contribution is -0.272. The minimum Gasteiger partial charge on any atom is -0.462 e. The van der Waals surface area contributed by atoms with E-state index < -0.39 is 24.6 Å². The van der Waals surface area contributed by atoms with Gasteiger partial charge in [-0.15, -0.1) is 0 Å². The Morgan fingerprint density at radius 3 is 2.37 bits per heavy atom. The standard InChI is InChI=1S/C13H19NO5/c1-7-12(17-2)10(15)11(16)13(18-7)19-9-5-3-8(14)4-6-9/h3-7,10-13,15-16H,14H2,1-2H3. The van der Waals surface area contributed by atoms with Crippen LogP contribution in [0.25, 0.3) is 0 Å². The number of aliphatic hydroxyl groups is 2. The van der Waals surface area contributed by atoms with Crippen LogP contribution in [0.2, 0.25) is 0 Å². The molecule has 1 heterocycles. The fourth-order valence-corrected chi connectivity index (χ4v) is 2.11.